The lowest BCUT2D eigenvalue weighted by atomic mass is 10.2. The number of furan rings is 1. The molecule has 1 amide bonds. The first-order chi connectivity index (χ1) is 13.4. The molecule has 0 spiro atoms. The third kappa shape index (κ3) is 4.47. The van der Waals surface area contributed by atoms with Gasteiger partial charge in [0.15, 0.2) is 21.4 Å². The van der Waals surface area contributed by atoms with Crippen LogP contribution in [0.3, 0.4) is 0 Å². The normalized spacial score (nSPS) is 10.9. The molecule has 0 fully saturated rings. The van der Waals surface area contributed by atoms with E-state index in [4.69, 9.17) is 9.15 Å². The van der Waals surface area contributed by atoms with Crippen LogP contribution in [0, 0.1) is 0 Å². The summed E-state index contributed by atoms with van der Waals surface area (Å²) in [6.45, 7) is 1.98. The Morgan fingerprint density at radius 3 is 2.82 bits per heavy atom. The Kier molecular flexibility index (Phi) is 6.57. The third-order valence-electron chi connectivity index (χ3n) is 3.75. The van der Waals surface area contributed by atoms with E-state index < -0.39 is 5.97 Å². The number of thiophene rings is 1. The fourth-order valence-corrected chi connectivity index (χ4v) is 4.37. The predicted molar refractivity (Wildman–Crippen MR) is 111 cm³/mol. The van der Waals surface area contributed by atoms with Crippen LogP contribution < -0.4 is 5.32 Å². The van der Waals surface area contributed by atoms with Crippen molar-refractivity contribution in [2.24, 2.45) is 7.05 Å². The van der Waals surface area contributed by atoms with Crippen molar-refractivity contribution in [3.63, 3.8) is 0 Å². The molecule has 0 aliphatic carbocycles. The van der Waals surface area contributed by atoms with Crippen LogP contribution in [-0.4, -0.2) is 39.5 Å². The van der Waals surface area contributed by atoms with Crippen LogP contribution in [0.5, 0.6) is 0 Å². The van der Waals surface area contributed by atoms with E-state index in [1.54, 1.807) is 29.8 Å². The third-order valence-corrected chi connectivity index (χ3v) is 6.39. The zero-order valence-corrected chi connectivity index (χ0v) is 18.5. The maximum atomic E-state index is 12.4. The van der Waals surface area contributed by atoms with Crippen molar-refractivity contribution < 1.29 is 18.7 Å². The highest BCUT2D eigenvalue weighted by atomic mass is 79.9. The summed E-state index contributed by atoms with van der Waals surface area (Å²) in [6, 6.07) is 5.30. The number of aromatic nitrogens is 3. The molecule has 0 aromatic carbocycles. The fourth-order valence-electron chi connectivity index (χ4n) is 2.35. The number of aryl methyl sites for hydroxylation is 1. The summed E-state index contributed by atoms with van der Waals surface area (Å²) < 4.78 is 12.6. The molecule has 8 nitrogen and oxygen atoms in total. The van der Waals surface area contributed by atoms with E-state index in [9.17, 15) is 9.59 Å². The Morgan fingerprint density at radius 2 is 2.18 bits per heavy atom. The van der Waals surface area contributed by atoms with Gasteiger partial charge in [-0.15, -0.1) is 21.5 Å². The number of carbonyl (C=O) groups excluding carboxylic acids is 2. The van der Waals surface area contributed by atoms with Crippen molar-refractivity contribution in [1.82, 2.24) is 14.8 Å². The Bertz CT molecular complexity index is 1010. The van der Waals surface area contributed by atoms with Crippen LogP contribution in [0.4, 0.5) is 5.00 Å². The van der Waals surface area contributed by atoms with Gasteiger partial charge in [0.2, 0.25) is 5.91 Å². The van der Waals surface area contributed by atoms with Crippen molar-refractivity contribution in [2.75, 3.05) is 18.2 Å². The predicted octanol–water partition coefficient (Wildman–Crippen LogP) is 3.98. The zero-order valence-electron chi connectivity index (χ0n) is 15.3. The number of ether oxygens (including phenoxy) is 1. The minimum atomic E-state index is -0.471. The summed E-state index contributed by atoms with van der Waals surface area (Å²) in [5, 5.41) is 12.1. The molecule has 0 aliphatic heterocycles. The van der Waals surface area contributed by atoms with E-state index in [0.29, 0.717) is 32.0 Å². The topological polar surface area (TPSA) is 99.2 Å². The lowest BCUT2D eigenvalue weighted by Crippen LogP contribution is -2.16. The number of nitrogens with one attached hydrogen (secondary N) is 1. The van der Waals surface area contributed by atoms with E-state index >= 15 is 0 Å². The summed E-state index contributed by atoms with van der Waals surface area (Å²) >= 11 is 5.87. The second kappa shape index (κ2) is 8.93. The van der Waals surface area contributed by atoms with Crippen LogP contribution in [0.25, 0.3) is 11.6 Å². The van der Waals surface area contributed by atoms with Crippen molar-refractivity contribution in [2.45, 2.75) is 18.5 Å². The molecule has 0 unspecified atom stereocenters. The standard InChI is InChI=1S/C17H17BrN4O4S2/c1-4-9-7-10(16(24)25-3)15(28-9)19-13(23)8-27-17-21-20-14(22(17)2)11-5-6-12(18)26-11/h5-7H,4,8H2,1-3H3,(H,19,23). The number of rotatable bonds is 7. The smallest absolute Gasteiger partial charge is 0.340 e. The maximum Gasteiger partial charge on any atom is 0.340 e. The highest BCUT2D eigenvalue weighted by Crippen LogP contribution is 2.30. The molecule has 11 heteroatoms. The number of methoxy groups -OCH3 is 1. The van der Waals surface area contributed by atoms with E-state index in [2.05, 4.69) is 31.4 Å². The Balaban J connectivity index is 1.66. The van der Waals surface area contributed by atoms with Crippen LogP contribution in [0.2, 0.25) is 0 Å². The number of hydrogen-bond acceptors (Lipinski definition) is 8. The first-order valence-corrected chi connectivity index (χ1v) is 10.8. The molecule has 0 saturated carbocycles. The van der Waals surface area contributed by atoms with Gasteiger partial charge in [-0.05, 0) is 40.5 Å². The number of anilines is 1. The molecular weight excluding hydrogens is 468 g/mol. The molecule has 3 rings (SSSR count). The SMILES string of the molecule is CCc1cc(C(=O)OC)c(NC(=O)CSc2nnc(-c3ccc(Br)o3)n2C)s1. The monoisotopic (exact) mass is 484 g/mol. The molecule has 28 heavy (non-hydrogen) atoms. The van der Waals surface area contributed by atoms with Crippen molar-refractivity contribution in [3.05, 3.63) is 33.3 Å². The molecule has 3 aromatic heterocycles. The maximum absolute atomic E-state index is 12.4. The van der Waals surface area contributed by atoms with Gasteiger partial charge in [-0.2, -0.15) is 0 Å². The van der Waals surface area contributed by atoms with Crippen LogP contribution in [-0.2, 0) is 23.0 Å². The second-order valence-electron chi connectivity index (χ2n) is 5.61. The Hall–Kier alpha value is -2.11. The molecule has 0 saturated heterocycles. The first-order valence-electron chi connectivity index (χ1n) is 8.21. The lowest BCUT2D eigenvalue weighted by Gasteiger charge is -2.05. The number of carbonyl (C=O) groups is 2. The van der Waals surface area contributed by atoms with Gasteiger partial charge in [-0.25, -0.2) is 4.79 Å². The Morgan fingerprint density at radius 1 is 1.39 bits per heavy atom. The number of halogens is 1. The van der Waals surface area contributed by atoms with E-state index in [0.717, 1.165) is 11.3 Å². The van der Waals surface area contributed by atoms with E-state index in [1.165, 1.54) is 30.2 Å². The number of amides is 1. The van der Waals surface area contributed by atoms with Gasteiger partial charge in [-0.3, -0.25) is 4.79 Å². The van der Waals surface area contributed by atoms with Crippen LogP contribution in [0.15, 0.2) is 32.4 Å². The average Bonchev–Trinajstić information content (AvgIpc) is 3.38. The largest absolute Gasteiger partial charge is 0.465 e. The van der Waals surface area contributed by atoms with Gasteiger partial charge in [0.25, 0.3) is 0 Å². The number of thioether (sulfide) groups is 1. The van der Waals surface area contributed by atoms with Gasteiger partial charge >= 0.3 is 5.97 Å². The minimum Gasteiger partial charge on any atom is -0.465 e. The van der Waals surface area contributed by atoms with E-state index in [1.807, 2.05) is 6.92 Å². The summed E-state index contributed by atoms with van der Waals surface area (Å²) in [4.78, 5) is 25.3. The van der Waals surface area contributed by atoms with Gasteiger partial charge in [0.1, 0.15) is 5.00 Å². The fraction of sp³-hybridized carbons (Fsp3) is 0.294. The first kappa shape index (κ1) is 20.6. The summed E-state index contributed by atoms with van der Waals surface area (Å²) in [5.41, 5.74) is 0.368. The average molecular weight is 485 g/mol. The van der Waals surface area contributed by atoms with E-state index in [-0.39, 0.29) is 11.7 Å². The zero-order chi connectivity index (χ0) is 20.3. The van der Waals surface area contributed by atoms with Crippen molar-refractivity contribution in [1.29, 1.82) is 0 Å². The Labute approximate surface area is 177 Å². The molecular formula is C17H17BrN4O4S2. The number of esters is 1. The molecule has 0 bridgehead atoms. The highest BCUT2D eigenvalue weighted by Gasteiger charge is 2.19. The number of nitrogens with zero attached hydrogens (tertiary/aromatic N) is 3. The van der Waals surface area contributed by atoms with Crippen molar-refractivity contribution >= 4 is 55.9 Å². The van der Waals surface area contributed by atoms with Gasteiger partial charge in [0, 0.05) is 11.9 Å². The van der Waals surface area contributed by atoms with Gasteiger partial charge in [0.05, 0.1) is 18.4 Å². The molecule has 0 aliphatic rings. The van der Waals surface area contributed by atoms with Gasteiger partial charge in [-0.1, -0.05) is 18.7 Å². The van der Waals surface area contributed by atoms with Crippen molar-refractivity contribution in [3.8, 4) is 11.6 Å². The molecule has 148 valence electrons. The summed E-state index contributed by atoms with van der Waals surface area (Å²) in [5.74, 6) is 0.541. The molecule has 1 N–H and O–H groups in total. The molecule has 0 radical (unpaired) electrons. The highest BCUT2D eigenvalue weighted by molar-refractivity contribution is 9.10. The summed E-state index contributed by atoms with van der Waals surface area (Å²) in [7, 11) is 3.12. The van der Waals surface area contributed by atoms with Crippen LogP contribution >= 0.6 is 39.0 Å². The minimum absolute atomic E-state index is 0.119. The van der Waals surface area contributed by atoms with Crippen LogP contribution in [0.1, 0.15) is 22.2 Å². The lowest BCUT2D eigenvalue weighted by molar-refractivity contribution is -0.113. The molecule has 0 atom stereocenters. The van der Waals surface area contributed by atoms with Gasteiger partial charge < -0.3 is 19.0 Å². The second-order valence-corrected chi connectivity index (χ2v) is 8.47. The number of hydrogen-bond donors (Lipinski definition) is 1. The molecule has 3 heterocycles. The quantitative estimate of drug-likeness (QED) is 0.399. The molecule has 3 aromatic rings. The summed E-state index contributed by atoms with van der Waals surface area (Å²) in [6.07, 6.45) is 0.768.